The van der Waals surface area contributed by atoms with Gasteiger partial charge in [0.25, 0.3) is 5.09 Å². The molecule has 128 valence electrons. The zero-order valence-corrected chi connectivity index (χ0v) is 12.8. The Morgan fingerprint density at radius 3 is 2.57 bits per heavy atom. The van der Waals surface area contributed by atoms with E-state index in [0.29, 0.717) is 22.2 Å². The summed E-state index contributed by atoms with van der Waals surface area (Å²) in [5.74, 6) is -1.17. The molecule has 0 fully saturated rings. The van der Waals surface area contributed by atoms with Gasteiger partial charge in [-0.15, -0.1) is 21.9 Å². The fourth-order valence-corrected chi connectivity index (χ4v) is 2.62. The van der Waals surface area contributed by atoms with Crippen LogP contribution in [0.5, 0.6) is 0 Å². The quantitative estimate of drug-likeness (QED) is 0.457. The van der Waals surface area contributed by atoms with Crippen molar-refractivity contribution in [1.82, 2.24) is 0 Å². The molecule has 1 aromatic carbocycles. The van der Waals surface area contributed by atoms with E-state index in [1.807, 2.05) is 0 Å². The van der Waals surface area contributed by atoms with E-state index >= 15 is 0 Å². The van der Waals surface area contributed by atoms with Crippen LogP contribution in [0.1, 0.15) is 24.5 Å². The van der Waals surface area contributed by atoms with E-state index in [1.165, 1.54) is 6.07 Å². The van der Waals surface area contributed by atoms with Crippen LogP contribution in [-0.4, -0.2) is 11.7 Å². The van der Waals surface area contributed by atoms with E-state index < -0.39 is 22.6 Å². The summed E-state index contributed by atoms with van der Waals surface area (Å²) < 4.78 is 50.9. The monoisotopic (exact) mass is 354 g/mol. The average Bonchev–Trinajstić information content (AvgIpc) is 2.40. The highest BCUT2D eigenvalue weighted by atomic mass is 32.2. The molecule has 2 N–H and O–H groups in total. The number of thioether (sulfide) groups is 1. The first-order valence-electron chi connectivity index (χ1n) is 6.32. The summed E-state index contributed by atoms with van der Waals surface area (Å²) in [6, 6.07) is 2.67. The third-order valence-electron chi connectivity index (χ3n) is 2.72. The van der Waals surface area contributed by atoms with Crippen LogP contribution in [0.2, 0.25) is 0 Å². The lowest BCUT2D eigenvalue weighted by molar-refractivity contribution is -0.757. The van der Waals surface area contributed by atoms with Gasteiger partial charge in [0.15, 0.2) is 0 Å². The lowest BCUT2D eigenvalue weighted by atomic mass is 10.1. The third-order valence-corrected chi connectivity index (χ3v) is 4.07. The molecule has 0 saturated carbocycles. The highest BCUT2D eigenvalue weighted by Crippen LogP contribution is 2.33. The normalized spacial score (nSPS) is 12.7. The van der Waals surface area contributed by atoms with Crippen LogP contribution in [0.3, 0.4) is 0 Å². The maximum absolute atomic E-state index is 13.5. The Hall–Kier alpha value is -1.97. The van der Waals surface area contributed by atoms with E-state index in [-0.39, 0.29) is 18.8 Å². The number of hydrogen-bond acceptors (Lipinski definition) is 5. The highest BCUT2D eigenvalue weighted by Gasteiger charge is 2.33. The van der Waals surface area contributed by atoms with E-state index in [4.69, 9.17) is 5.73 Å². The summed E-state index contributed by atoms with van der Waals surface area (Å²) in [5.41, 5.74) is 5.07. The minimum absolute atomic E-state index is 0.178. The van der Waals surface area contributed by atoms with Gasteiger partial charge in [-0.05, 0) is 24.6 Å². The number of benzene rings is 1. The van der Waals surface area contributed by atoms with E-state index in [0.717, 1.165) is 17.8 Å². The predicted molar refractivity (Wildman–Crippen MR) is 77.1 cm³/mol. The van der Waals surface area contributed by atoms with Gasteiger partial charge in [0, 0.05) is 22.8 Å². The first kappa shape index (κ1) is 19.1. The number of nitrogens with two attached hydrogens (primary N) is 1. The van der Waals surface area contributed by atoms with Gasteiger partial charge in [0.05, 0.1) is 5.56 Å². The summed E-state index contributed by atoms with van der Waals surface area (Å²) >= 11 is 1.16. The lowest BCUT2D eigenvalue weighted by Crippen LogP contribution is -2.08. The largest absolute Gasteiger partial charge is 0.419 e. The van der Waals surface area contributed by atoms with Crippen molar-refractivity contribution >= 4 is 11.8 Å². The molecule has 0 unspecified atom stereocenters. The molecule has 0 heterocycles. The van der Waals surface area contributed by atoms with Gasteiger partial charge < -0.3 is 10.6 Å². The predicted octanol–water partition coefficient (Wildman–Crippen LogP) is 3.87. The summed E-state index contributed by atoms with van der Waals surface area (Å²) in [4.78, 5) is 14.8. The SMILES string of the molecule is C/C(N)=C(\CCO[N+](=O)[O-])SCc1ccc(C(F)(F)F)c(F)c1. The number of nitrogens with zero attached hydrogens (tertiary/aromatic N) is 1. The zero-order chi connectivity index (χ0) is 17.6. The van der Waals surface area contributed by atoms with Gasteiger partial charge in [-0.3, -0.25) is 0 Å². The van der Waals surface area contributed by atoms with Gasteiger partial charge in [-0.2, -0.15) is 13.2 Å². The average molecular weight is 354 g/mol. The smallest absolute Gasteiger partial charge is 0.402 e. The molecule has 0 aliphatic carbocycles. The van der Waals surface area contributed by atoms with E-state index in [1.54, 1.807) is 6.92 Å². The minimum Gasteiger partial charge on any atom is -0.402 e. The van der Waals surface area contributed by atoms with Crippen molar-refractivity contribution in [2.45, 2.75) is 25.3 Å². The number of alkyl halides is 3. The molecule has 0 saturated heterocycles. The molecule has 0 amide bonds. The minimum atomic E-state index is -4.74. The van der Waals surface area contributed by atoms with Gasteiger partial charge in [0.2, 0.25) is 0 Å². The first-order chi connectivity index (χ1) is 10.6. The summed E-state index contributed by atoms with van der Waals surface area (Å²) in [6.07, 6.45) is -4.56. The topological polar surface area (TPSA) is 78.4 Å². The summed E-state index contributed by atoms with van der Waals surface area (Å²) in [5, 5.41) is 9.14. The van der Waals surface area contributed by atoms with Crippen LogP contribution in [-0.2, 0) is 16.8 Å². The molecular weight excluding hydrogens is 340 g/mol. The van der Waals surface area contributed by atoms with E-state index in [9.17, 15) is 27.7 Å². The number of hydrogen-bond donors (Lipinski definition) is 1. The van der Waals surface area contributed by atoms with Crippen molar-refractivity contribution in [3.8, 4) is 0 Å². The Kier molecular flexibility index (Phi) is 6.67. The lowest BCUT2D eigenvalue weighted by Gasteiger charge is -2.11. The Morgan fingerprint density at radius 1 is 1.43 bits per heavy atom. The molecule has 0 radical (unpaired) electrons. The van der Waals surface area contributed by atoms with Crippen molar-refractivity contribution in [2.24, 2.45) is 5.73 Å². The molecule has 5 nitrogen and oxygen atoms in total. The molecule has 23 heavy (non-hydrogen) atoms. The fourth-order valence-electron chi connectivity index (χ4n) is 1.64. The van der Waals surface area contributed by atoms with Gasteiger partial charge in [0.1, 0.15) is 12.4 Å². The first-order valence-corrected chi connectivity index (χ1v) is 7.30. The molecule has 1 aromatic rings. The molecule has 10 heteroatoms. The number of halogens is 4. The molecule has 0 bridgehead atoms. The second-order valence-electron chi connectivity index (χ2n) is 4.51. The Balaban J connectivity index is 2.70. The maximum atomic E-state index is 13.5. The van der Waals surface area contributed by atoms with Crippen LogP contribution in [0.15, 0.2) is 28.8 Å². The number of rotatable bonds is 7. The van der Waals surface area contributed by atoms with Crippen molar-refractivity contribution in [2.75, 3.05) is 6.61 Å². The molecule has 0 aromatic heterocycles. The molecule has 0 spiro atoms. The Bertz CT molecular complexity index is 601. The van der Waals surface area contributed by atoms with Crippen LogP contribution in [0.4, 0.5) is 17.6 Å². The Labute approximate surface area is 133 Å². The molecule has 0 aliphatic heterocycles. The van der Waals surface area contributed by atoms with Crippen molar-refractivity contribution in [3.63, 3.8) is 0 Å². The van der Waals surface area contributed by atoms with Crippen LogP contribution < -0.4 is 5.73 Å². The fraction of sp³-hybridized carbons (Fsp3) is 0.385. The van der Waals surface area contributed by atoms with E-state index in [2.05, 4.69) is 4.84 Å². The van der Waals surface area contributed by atoms with Crippen LogP contribution >= 0.6 is 11.8 Å². The maximum Gasteiger partial charge on any atom is 0.419 e. The standard InChI is InChI=1S/C13H14F4N2O3S/c1-8(18)12(4-5-22-19(20)21)23-7-9-2-3-10(11(14)6-9)13(15,16)17/h2-3,6H,4-5,7,18H2,1H3/b12-8-. The van der Waals surface area contributed by atoms with Crippen LogP contribution in [0, 0.1) is 15.9 Å². The molecule has 0 atom stereocenters. The Morgan fingerprint density at radius 2 is 2.09 bits per heavy atom. The number of allylic oxidation sites excluding steroid dienone is 1. The van der Waals surface area contributed by atoms with Crippen molar-refractivity contribution in [1.29, 1.82) is 0 Å². The van der Waals surface area contributed by atoms with Gasteiger partial charge >= 0.3 is 6.18 Å². The second kappa shape index (κ2) is 8.04. The zero-order valence-electron chi connectivity index (χ0n) is 12.0. The van der Waals surface area contributed by atoms with Crippen LogP contribution in [0.25, 0.3) is 0 Å². The van der Waals surface area contributed by atoms with Gasteiger partial charge in [-0.25, -0.2) is 4.39 Å². The molecule has 0 aliphatic rings. The molecular formula is C13H14F4N2O3S. The van der Waals surface area contributed by atoms with Gasteiger partial charge in [-0.1, -0.05) is 6.07 Å². The second-order valence-corrected chi connectivity index (χ2v) is 5.58. The summed E-state index contributed by atoms with van der Waals surface area (Å²) in [6.45, 7) is 1.40. The summed E-state index contributed by atoms with van der Waals surface area (Å²) in [7, 11) is 0. The molecule has 1 rings (SSSR count). The van der Waals surface area contributed by atoms with Crippen molar-refractivity contribution < 1.29 is 27.5 Å². The highest BCUT2D eigenvalue weighted by molar-refractivity contribution is 8.02. The van der Waals surface area contributed by atoms with Crippen molar-refractivity contribution in [3.05, 3.63) is 55.9 Å². The third kappa shape index (κ3) is 6.35.